The third-order valence-electron chi connectivity index (χ3n) is 5.45. The van der Waals surface area contributed by atoms with E-state index in [0.29, 0.717) is 5.56 Å². The SMILES string of the molecule is CC(C)[C@H](NC(=O)[C@@H]1N2C(=O)c3ccccc3[C@H]2SC1(C)C)C(=O)N[C@@H](C)CO. The zero-order chi connectivity index (χ0) is 21.5. The third kappa shape index (κ3) is 3.88. The van der Waals surface area contributed by atoms with Crippen LogP contribution in [-0.4, -0.2) is 57.2 Å². The van der Waals surface area contributed by atoms with Gasteiger partial charge in [0.1, 0.15) is 17.5 Å². The summed E-state index contributed by atoms with van der Waals surface area (Å²) in [5.74, 6) is -0.977. The van der Waals surface area contributed by atoms with Gasteiger partial charge in [-0.1, -0.05) is 32.0 Å². The number of rotatable bonds is 6. The predicted octanol–water partition coefficient (Wildman–Crippen LogP) is 1.67. The molecule has 0 saturated carbocycles. The molecule has 1 fully saturated rings. The highest BCUT2D eigenvalue weighted by Gasteiger charge is 2.57. The van der Waals surface area contributed by atoms with Gasteiger partial charge in [-0.3, -0.25) is 14.4 Å². The maximum Gasteiger partial charge on any atom is 0.256 e. The second kappa shape index (κ2) is 7.99. The fourth-order valence-corrected chi connectivity index (χ4v) is 5.54. The van der Waals surface area contributed by atoms with Gasteiger partial charge in [0.05, 0.1) is 6.61 Å². The molecular weight excluding hydrogens is 390 g/mol. The molecule has 1 saturated heterocycles. The smallest absolute Gasteiger partial charge is 0.256 e. The average Bonchev–Trinajstić information content (AvgIpc) is 3.09. The molecule has 158 valence electrons. The number of nitrogens with zero attached hydrogens (tertiary/aromatic N) is 1. The van der Waals surface area contributed by atoms with Crippen LogP contribution in [0.4, 0.5) is 0 Å². The second-order valence-corrected chi connectivity index (χ2v) is 10.3. The first-order chi connectivity index (χ1) is 13.6. The lowest BCUT2D eigenvalue weighted by Gasteiger charge is -2.32. The van der Waals surface area contributed by atoms with Crippen LogP contribution in [0.15, 0.2) is 24.3 Å². The number of carbonyl (C=O) groups is 3. The number of aliphatic hydroxyl groups excluding tert-OH is 1. The average molecular weight is 420 g/mol. The Bertz CT molecular complexity index is 826. The molecule has 1 aromatic rings. The Hall–Kier alpha value is -2.06. The standard InChI is InChI=1S/C21H29N3O4S/c1-11(2)15(17(26)22-12(3)10-25)23-18(27)16-21(4,5)29-20-14-9-7-6-8-13(14)19(28)24(16)20/h6-9,11-12,15-16,20,25H,10H2,1-5H3,(H,22,26)(H,23,27)/t12-,15-,16-,20+/m0/s1. The monoisotopic (exact) mass is 419 g/mol. The predicted molar refractivity (Wildman–Crippen MR) is 112 cm³/mol. The summed E-state index contributed by atoms with van der Waals surface area (Å²) in [5.41, 5.74) is 1.56. The Balaban J connectivity index is 1.84. The number of carbonyl (C=O) groups excluding carboxylic acids is 3. The summed E-state index contributed by atoms with van der Waals surface area (Å²) in [6.45, 7) is 9.12. The molecule has 0 spiro atoms. The molecule has 0 aliphatic carbocycles. The van der Waals surface area contributed by atoms with Crippen LogP contribution in [0.1, 0.15) is 55.9 Å². The van der Waals surface area contributed by atoms with Crippen molar-refractivity contribution in [3.05, 3.63) is 35.4 Å². The minimum Gasteiger partial charge on any atom is -0.394 e. The molecule has 1 aromatic carbocycles. The Labute approximate surface area is 175 Å². The quantitative estimate of drug-likeness (QED) is 0.652. The molecule has 29 heavy (non-hydrogen) atoms. The van der Waals surface area contributed by atoms with Crippen molar-refractivity contribution in [1.82, 2.24) is 15.5 Å². The van der Waals surface area contributed by atoms with Crippen molar-refractivity contribution in [2.75, 3.05) is 6.61 Å². The highest BCUT2D eigenvalue weighted by Crippen LogP contribution is 2.56. The van der Waals surface area contributed by atoms with Gasteiger partial charge in [-0.15, -0.1) is 11.8 Å². The molecule has 3 N–H and O–H groups in total. The van der Waals surface area contributed by atoms with Crippen LogP contribution < -0.4 is 10.6 Å². The molecule has 2 aliphatic heterocycles. The molecule has 0 radical (unpaired) electrons. The van der Waals surface area contributed by atoms with Crippen molar-refractivity contribution in [2.45, 2.75) is 62.9 Å². The van der Waals surface area contributed by atoms with Gasteiger partial charge < -0.3 is 20.6 Å². The minimum atomic E-state index is -0.753. The van der Waals surface area contributed by atoms with E-state index in [2.05, 4.69) is 10.6 Å². The largest absolute Gasteiger partial charge is 0.394 e. The van der Waals surface area contributed by atoms with Crippen LogP contribution in [0.3, 0.4) is 0 Å². The molecule has 0 bridgehead atoms. The maximum atomic E-state index is 13.3. The van der Waals surface area contributed by atoms with Crippen molar-refractivity contribution < 1.29 is 19.5 Å². The van der Waals surface area contributed by atoms with Gasteiger partial charge in [0.25, 0.3) is 5.91 Å². The van der Waals surface area contributed by atoms with E-state index < -0.39 is 22.9 Å². The van der Waals surface area contributed by atoms with Crippen LogP contribution in [0.5, 0.6) is 0 Å². The highest BCUT2D eigenvalue weighted by atomic mass is 32.2. The van der Waals surface area contributed by atoms with Gasteiger partial charge in [0, 0.05) is 16.4 Å². The van der Waals surface area contributed by atoms with Crippen molar-refractivity contribution in [3.8, 4) is 0 Å². The van der Waals surface area contributed by atoms with Gasteiger partial charge in [0.15, 0.2) is 0 Å². The first-order valence-electron chi connectivity index (χ1n) is 9.89. The first-order valence-corrected chi connectivity index (χ1v) is 10.8. The lowest BCUT2D eigenvalue weighted by Crippen LogP contribution is -2.59. The number of nitrogens with one attached hydrogen (secondary N) is 2. The second-order valence-electron chi connectivity index (χ2n) is 8.60. The molecule has 2 aliphatic rings. The van der Waals surface area contributed by atoms with Crippen molar-refractivity contribution in [3.63, 3.8) is 0 Å². The molecule has 3 rings (SSSR count). The van der Waals surface area contributed by atoms with Crippen LogP contribution in [0, 0.1) is 5.92 Å². The Morgan fingerprint density at radius 2 is 1.86 bits per heavy atom. The number of hydrogen-bond donors (Lipinski definition) is 3. The van der Waals surface area contributed by atoms with Crippen LogP contribution in [-0.2, 0) is 9.59 Å². The third-order valence-corrected chi connectivity index (χ3v) is 6.99. The number of benzene rings is 1. The molecule has 0 unspecified atom stereocenters. The van der Waals surface area contributed by atoms with Crippen LogP contribution >= 0.6 is 11.8 Å². The van der Waals surface area contributed by atoms with Crippen LogP contribution in [0.25, 0.3) is 0 Å². The van der Waals surface area contributed by atoms with Crippen molar-refractivity contribution in [2.24, 2.45) is 5.92 Å². The summed E-state index contributed by atoms with van der Waals surface area (Å²) in [6.07, 6.45) is 0. The Kier molecular flexibility index (Phi) is 5.96. The topological polar surface area (TPSA) is 98.7 Å². The first kappa shape index (κ1) is 21.6. The van der Waals surface area contributed by atoms with E-state index in [9.17, 15) is 19.5 Å². The fourth-order valence-electron chi connectivity index (χ4n) is 3.95. The number of amides is 3. The number of thioether (sulfide) groups is 1. The summed E-state index contributed by atoms with van der Waals surface area (Å²) in [5, 5.41) is 14.6. The number of hydrogen-bond acceptors (Lipinski definition) is 5. The fraction of sp³-hybridized carbons (Fsp3) is 0.571. The van der Waals surface area contributed by atoms with Crippen molar-refractivity contribution >= 4 is 29.5 Å². The minimum absolute atomic E-state index is 0.149. The van der Waals surface area contributed by atoms with Crippen molar-refractivity contribution in [1.29, 1.82) is 0 Å². The highest BCUT2D eigenvalue weighted by molar-refractivity contribution is 8.01. The van der Waals surface area contributed by atoms with E-state index in [0.717, 1.165) is 5.56 Å². The zero-order valence-electron chi connectivity index (χ0n) is 17.4. The summed E-state index contributed by atoms with van der Waals surface area (Å²) in [4.78, 5) is 40.6. The molecule has 3 amide bonds. The van der Waals surface area contributed by atoms with E-state index in [-0.39, 0.29) is 35.6 Å². The molecular formula is C21H29N3O4S. The van der Waals surface area contributed by atoms with Gasteiger partial charge in [-0.25, -0.2) is 0 Å². The van der Waals surface area contributed by atoms with E-state index >= 15 is 0 Å². The molecule has 2 heterocycles. The number of aliphatic hydroxyl groups is 1. The van der Waals surface area contributed by atoms with E-state index in [4.69, 9.17) is 0 Å². The normalized spacial score (nSPS) is 24.1. The van der Waals surface area contributed by atoms with Gasteiger partial charge >= 0.3 is 0 Å². The van der Waals surface area contributed by atoms with Crippen LogP contribution in [0.2, 0.25) is 0 Å². The lowest BCUT2D eigenvalue weighted by atomic mass is 9.98. The number of fused-ring (bicyclic) bond motifs is 3. The summed E-state index contributed by atoms with van der Waals surface area (Å²) in [6, 6.07) is 5.60. The summed E-state index contributed by atoms with van der Waals surface area (Å²) < 4.78 is -0.506. The maximum absolute atomic E-state index is 13.3. The van der Waals surface area contributed by atoms with E-state index in [1.54, 1.807) is 29.7 Å². The Morgan fingerprint density at radius 1 is 1.21 bits per heavy atom. The molecule has 7 nitrogen and oxygen atoms in total. The lowest BCUT2D eigenvalue weighted by molar-refractivity contribution is -0.133. The zero-order valence-corrected chi connectivity index (χ0v) is 18.2. The summed E-state index contributed by atoms with van der Waals surface area (Å²) >= 11 is 1.59. The van der Waals surface area contributed by atoms with E-state index in [1.807, 2.05) is 45.9 Å². The Morgan fingerprint density at radius 3 is 2.48 bits per heavy atom. The summed E-state index contributed by atoms with van der Waals surface area (Å²) in [7, 11) is 0. The van der Waals surface area contributed by atoms with Gasteiger partial charge in [-0.2, -0.15) is 0 Å². The van der Waals surface area contributed by atoms with Gasteiger partial charge in [0.2, 0.25) is 11.8 Å². The van der Waals surface area contributed by atoms with Gasteiger partial charge in [-0.05, 0) is 38.3 Å². The van der Waals surface area contributed by atoms with E-state index in [1.165, 1.54) is 0 Å². The molecule has 8 heteroatoms. The molecule has 4 atom stereocenters. The molecule has 0 aromatic heterocycles.